The summed E-state index contributed by atoms with van der Waals surface area (Å²) in [6.07, 6.45) is 0. The quantitative estimate of drug-likeness (QED) is 0.739. The van der Waals surface area contributed by atoms with Gasteiger partial charge in [0.25, 0.3) is 5.91 Å². The van der Waals surface area contributed by atoms with Gasteiger partial charge in [0.15, 0.2) is 6.04 Å². The van der Waals surface area contributed by atoms with Crippen LogP contribution in [0.3, 0.4) is 0 Å². The van der Waals surface area contributed by atoms with Gasteiger partial charge in [-0.05, 0) is 12.1 Å². The van der Waals surface area contributed by atoms with Crippen LogP contribution in [0, 0.1) is 11.8 Å². The summed E-state index contributed by atoms with van der Waals surface area (Å²) in [6, 6.07) is 8.12. The lowest BCUT2D eigenvalue weighted by Gasteiger charge is -2.31. The molecule has 0 saturated carbocycles. The van der Waals surface area contributed by atoms with Crippen molar-refractivity contribution in [2.24, 2.45) is 0 Å². The minimum Gasteiger partial charge on any atom is -0.480 e. The number of aliphatic carboxylic acids is 1. The molecule has 1 amide bonds. The molecule has 1 atom stereocenters. The van der Waals surface area contributed by atoms with Crippen molar-refractivity contribution in [2.75, 3.05) is 19.8 Å². The van der Waals surface area contributed by atoms with Crippen molar-refractivity contribution in [1.82, 2.24) is 4.90 Å². The largest absolute Gasteiger partial charge is 0.480 e. The number of hydrogen-bond donors (Lipinski definition) is 1. The zero-order chi connectivity index (χ0) is 13.7. The van der Waals surface area contributed by atoms with E-state index in [2.05, 4.69) is 11.8 Å². The number of morpholine rings is 1. The predicted octanol–water partition coefficient (Wildman–Crippen LogP) is 0.350. The molecule has 0 aromatic heterocycles. The molecular weight excluding hydrogens is 246 g/mol. The van der Waals surface area contributed by atoms with E-state index >= 15 is 0 Å². The average Bonchev–Trinajstić information content (AvgIpc) is 2.46. The smallest absolute Gasteiger partial charge is 0.328 e. The maximum Gasteiger partial charge on any atom is 0.328 e. The second kappa shape index (κ2) is 6.03. The number of nitrogens with zero attached hydrogens (tertiary/aromatic N) is 1. The van der Waals surface area contributed by atoms with Crippen LogP contribution in [0.1, 0.15) is 5.56 Å². The van der Waals surface area contributed by atoms with Gasteiger partial charge in [-0.3, -0.25) is 4.79 Å². The van der Waals surface area contributed by atoms with Crippen molar-refractivity contribution >= 4 is 11.9 Å². The Labute approximate surface area is 110 Å². The summed E-state index contributed by atoms with van der Waals surface area (Å²) in [4.78, 5) is 24.2. The van der Waals surface area contributed by atoms with E-state index in [0.717, 1.165) is 5.56 Å². The van der Waals surface area contributed by atoms with E-state index < -0.39 is 17.9 Å². The van der Waals surface area contributed by atoms with E-state index in [4.69, 9.17) is 9.84 Å². The van der Waals surface area contributed by atoms with Crippen LogP contribution in [0.15, 0.2) is 30.3 Å². The average molecular weight is 259 g/mol. The number of hydrogen-bond acceptors (Lipinski definition) is 3. The third kappa shape index (κ3) is 3.33. The summed E-state index contributed by atoms with van der Waals surface area (Å²) in [5.74, 6) is 3.64. The van der Waals surface area contributed by atoms with E-state index in [0.29, 0.717) is 6.61 Å². The highest BCUT2D eigenvalue weighted by Gasteiger charge is 2.31. The SMILES string of the molecule is O=C(O)C1COCCN1C(=O)C#Cc1ccccc1. The van der Waals surface area contributed by atoms with Gasteiger partial charge in [0.2, 0.25) is 0 Å². The molecule has 1 aliphatic rings. The number of carbonyl (C=O) groups excluding carboxylic acids is 1. The van der Waals surface area contributed by atoms with Gasteiger partial charge in [0, 0.05) is 18.0 Å². The molecule has 1 fully saturated rings. The summed E-state index contributed by atoms with van der Waals surface area (Å²) in [5, 5.41) is 9.02. The highest BCUT2D eigenvalue weighted by atomic mass is 16.5. The van der Waals surface area contributed by atoms with Crippen LogP contribution >= 0.6 is 0 Å². The summed E-state index contributed by atoms with van der Waals surface area (Å²) in [7, 11) is 0. The fourth-order valence-corrected chi connectivity index (χ4v) is 1.77. The zero-order valence-corrected chi connectivity index (χ0v) is 10.2. The molecule has 1 aromatic carbocycles. The van der Waals surface area contributed by atoms with Gasteiger partial charge in [-0.2, -0.15) is 0 Å². The third-order valence-electron chi connectivity index (χ3n) is 2.76. The Morgan fingerprint density at radius 3 is 2.74 bits per heavy atom. The Hall–Kier alpha value is -2.32. The predicted molar refractivity (Wildman–Crippen MR) is 67.3 cm³/mol. The molecule has 5 nitrogen and oxygen atoms in total. The molecule has 1 aromatic rings. The van der Waals surface area contributed by atoms with E-state index in [1.54, 1.807) is 12.1 Å². The molecule has 0 spiro atoms. The lowest BCUT2D eigenvalue weighted by Crippen LogP contribution is -2.52. The number of carboxylic acid groups (broad SMARTS) is 1. The van der Waals surface area contributed by atoms with Gasteiger partial charge < -0.3 is 14.7 Å². The van der Waals surface area contributed by atoms with Crippen LogP contribution < -0.4 is 0 Å². The molecule has 1 heterocycles. The Kier molecular flexibility index (Phi) is 4.16. The highest BCUT2D eigenvalue weighted by molar-refractivity contribution is 5.96. The monoisotopic (exact) mass is 259 g/mol. The van der Waals surface area contributed by atoms with Crippen molar-refractivity contribution < 1.29 is 19.4 Å². The lowest BCUT2D eigenvalue weighted by molar-refractivity contribution is -0.155. The Balaban J connectivity index is 2.10. The first kappa shape index (κ1) is 13.1. The van der Waals surface area contributed by atoms with Crippen molar-refractivity contribution in [3.05, 3.63) is 35.9 Å². The second-order valence-electron chi connectivity index (χ2n) is 4.04. The third-order valence-corrected chi connectivity index (χ3v) is 2.76. The van der Waals surface area contributed by atoms with Gasteiger partial charge in [0.1, 0.15) is 0 Å². The van der Waals surface area contributed by atoms with Crippen molar-refractivity contribution in [1.29, 1.82) is 0 Å². The molecular formula is C14H13NO4. The van der Waals surface area contributed by atoms with Crippen LogP contribution in [-0.4, -0.2) is 47.7 Å². The maximum absolute atomic E-state index is 11.9. The van der Waals surface area contributed by atoms with Gasteiger partial charge in [0.05, 0.1) is 13.2 Å². The zero-order valence-electron chi connectivity index (χ0n) is 10.2. The maximum atomic E-state index is 11.9. The van der Waals surface area contributed by atoms with Crippen molar-refractivity contribution in [2.45, 2.75) is 6.04 Å². The molecule has 2 rings (SSSR count). The first-order valence-corrected chi connectivity index (χ1v) is 5.86. The first-order valence-electron chi connectivity index (χ1n) is 5.86. The van der Waals surface area contributed by atoms with Gasteiger partial charge >= 0.3 is 5.97 Å². The number of amides is 1. The summed E-state index contributed by atoms with van der Waals surface area (Å²) < 4.78 is 5.06. The van der Waals surface area contributed by atoms with Crippen LogP contribution in [0.2, 0.25) is 0 Å². The van der Waals surface area contributed by atoms with Crippen molar-refractivity contribution in [3.8, 4) is 11.8 Å². The minimum atomic E-state index is -1.07. The number of rotatable bonds is 1. The topological polar surface area (TPSA) is 66.8 Å². The molecule has 0 aliphatic carbocycles. The van der Waals surface area contributed by atoms with Crippen LogP contribution in [0.5, 0.6) is 0 Å². The molecule has 19 heavy (non-hydrogen) atoms. The molecule has 98 valence electrons. The molecule has 1 unspecified atom stereocenters. The number of ether oxygens (including phenoxy) is 1. The fraction of sp³-hybridized carbons (Fsp3) is 0.286. The molecule has 5 heteroatoms. The second-order valence-corrected chi connectivity index (χ2v) is 4.04. The van der Waals surface area contributed by atoms with E-state index in [1.807, 2.05) is 18.2 Å². The summed E-state index contributed by atoms with van der Waals surface area (Å²) in [5.41, 5.74) is 0.719. The van der Waals surface area contributed by atoms with E-state index in [9.17, 15) is 9.59 Å². The fourth-order valence-electron chi connectivity index (χ4n) is 1.77. The van der Waals surface area contributed by atoms with Gasteiger partial charge in [-0.15, -0.1) is 0 Å². The Morgan fingerprint density at radius 2 is 2.05 bits per heavy atom. The van der Waals surface area contributed by atoms with E-state index in [-0.39, 0.29) is 13.2 Å². The van der Waals surface area contributed by atoms with E-state index in [1.165, 1.54) is 4.90 Å². The molecule has 0 radical (unpaired) electrons. The lowest BCUT2D eigenvalue weighted by atomic mass is 10.2. The summed E-state index contributed by atoms with van der Waals surface area (Å²) in [6.45, 7) is 0.593. The number of carboxylic acids is 1. The number of carbonyl (C=O) groups is 2. The molecule has 1 saturated heterocycles. The van der Waals surface area contributed by atoms with Gasteiger partial charge in [-0.1, -0.05) is 24.1 Å². The Bertz CT molecular complexity index is 529. The van der Waals surface area contributed by atoms with Crippen molar-refractivity contribution in [3.63, 3.8) is 0 Å². The van der Waals surface area contributed by atoms with Crippen LogP contribution in [-0.2, 0) is 14.3 Å². The minimum absolute atomic E-state index is 0.00803. The first-order chi connectivity index (χ1) is 9.18. The Morgan fingerprint density at radius 1 is 1.32 bits per heavy atom. The van der Waals surface area contributed by atoms with Gasteiger partial charge in [-0.25, -0.2) is 4.79 Å². The molecule has 0 bridgehead atoms. The summed E-state index contributed by atoms with van der Waals surface area (Å²) >= 11 is 0. The van der Waals surface area contributed by atoms with Crippen LogP contribution in [0.25, 0.3) is 0 Å². The number of benzene rings is 1. The highest BCUT2D eigenvalue weighted by Crippen LogP contribution is 2.07. The van der Waals surface area contributed by atoms with Crippen LogP contribution in [0.4, 0.5) is 0 Å². The normalized spacial score (nSPS) is 18.3. The molecule has 1 aliphatic heterocycles. The standard InChI is InChI=1S/C14H13NO4/c16-13(7-6-11-4-2-1-3-5-11)15-8-9-19-10-12(15)14(17)18/h1-5,12H,8-10H2,(H,17,18). The molecule has 1 N–H and O–H groups in total.